The minimum absolute atomic E-state index is 0.0912. The number of rotatable bonds is 66. The van der Waals surface area contributed by atoms with Crippen LogP contribution in [-0.4, -0.2) is 313 Å². The number of fused-ring (bicyclic) bond motifs is 1. The molecular formula is C83H116N20O30S. The Morgan fingerprint density at radius 3 is 1.10 bits per heavy atom. The second-order valence-electron chi connectivity index (χ2n) is 30.6. The lowest BCUT2D eigenvalue weighted by atomic mass is 10.0. The summed E-state index contributed by atoms with van der Waals surface area (Å²) in [6.45, 7) is 0.570. The number of aromatic hydroxyl groups is 1. The molecule has 31 N–H and O–H groups in total. The fourth-order valence-corrected chi connectivity index (χ4v) is 13.4. The zero-order valence-electron chi connectivity index (χ0n) is 73.2. The van der Waals surface area contributed by atoms with Gasteiger partial charge in [0.05, 0.1) is 25.4 Å². The van der Waals surface area contributed by atoms with Crippen LogP contribution in [0.5, 0.6) is 5.75 Å². The van der Waals surface area contributed by atoms with Crippen molar-refractivity contribution in [2.75, 3.05) is 64.4 Å². The molecule has 15 amide bonds. The summed E-state index contributed by atoms with van der Waals surface area (Å²) in [5, 5.41) is 117. The maximum atomic E-state index is 14.6. The lowest BCUT2D eigenvalue weighted by Gasteiger charge is -2.27. The summed E-state index contributed by atoms with van der Waals surface area (Å²) in [4.78, 5) is 297. The number of phenolic OH excluding ortho intramolecular Hbond substituents is 1. The lowest BCUT2D eigenvalue weighted by Crippen LogP contribution is -2.60. The molecule has 4 aromatic rings. The number of carbonyl (C=O) groups is 22. The maximum absolute atomic E-state index is 14.6. The summed E-state index contributed by atoms with van der Waals surface area (Å²) in [7, 11) is 0. The van der Waals surface area contributed by atoms with Gasteiger partial charge in [-0.15, -0.1) is 0 Å². The first-order chi connectivity index (χ1) is 63.5. The molecule has 0 unspecified atom stereocenters. The van der Waals surface area contributed by atoms with Crippen molar-refractivity contribution in [1.29, 1.82) is 0 Å². The molecule has 1 heterocycles. The fourth-order valence-electron chi connectivity index (χ4n) is 12.9. The highest BCUT2D eigenvalue weighted by atomic mass is 32.2. The van der Waals surface area contributed by atoms with Crippen molar-refractivity contribution in [3.05, 3.63) is 102 Å². The Kier molecular flexibility index (Phi) is 49.3. The zero-order chi connectivity index (χ0) is 99.7. The second-order valence-corrected chi connectivity index (χ2v) is 31.6. The normalized spacial score (nSPS) is 13.7. The molecule has 12 atom stereocenters. The largest absolute Gasteiger partial charge is 0.508 e. The number of aromatic nitrogens is 1. The third-order valence-electron chi connectivity index (χ3n) is 20.0. The van der Waals surface area contributed by atoms with Crippen molar-refractivity contribution >= 4 is 153 Å². The molecule has 0 radical (unpaired) electrons. The second kappa shape index (κ2) is 59.0. The van der Waals surface area contributed by atoms with Gasteiger partial charge in [-0.2, -0.15) is 11.8 Å². The van der Waals surface area contributed by atoms with Crippen LogP contribution in [0, 0.1) is 5.92 Å². The molecular weight excluding hydrogens is 1790 g/mol. The molecule has 0 saturated heterocycles. The van der Waals surface area contributed by atoms with Gasteiger partial charge in [-0.05, 0) is 98.8 Å². The summed E-state index contributed by atoms with van der Waals surface area (Å²) in [6.07, 6.45) is -9.38. The number of carboxylic acids is 7. The number of H-pyrrole nitrogens is 1. The van der Waals surface area contributed by atoms with Crippen molar-refractivity contribution in [2.45, 2.75) is 189 Å². The van der Waals surface area contributed by atoms with Crippen molar-refractivity contribution in [1.82, 2.24) is 90.1 Å². The topological polar surface area (TPSA) is 824 Å². The first kappa shape index (κ1) is 112. The number of primary amides is 1. The van der Waals surface area contributed by atoms with E-state index in [9.17, 15) is 146 Å². The summed E-state index contributed by atoms with van der Waals surface area (Å²) in [5.41, 5.74) is 18.6. The Balaban J connectivity index is 1.59. The average molecular weight is 1910 g/mol. The molecule has 0 fully saturated rings. The molecule has 1 aromatic heterocycles. The van der Waals surface area contributed by atoms with Gasteiger partial charge in [-0.25, -0.2) is 0 Å². The molecule has 0 aliphatic carbocycles. The van der Waals surface area contributed by atoms with Crippen LogP contribution >= 0.6 is 11.8 Å². The highest BCUT2D eigenvalue weighted by molar-refractivity contribution is 7.98. The van der Waals surface area contributed by atoms with E-state index in [0.29, 0.717) is 35.1 Å². The first-order valence-corrected chi connectivity index (χ1v) is 43.6. The predicted molar refractivity (Wildman–Crippen MR) is 472 cm³/mol. The number of carboxylic acid groups (broad SMARTS) is 7. The highest BCUT2D eigenvalue weighted by Gasteiger charge is 2.39. The number of aromatic amines is 1. The molecule has 50 nitrogen and oxygen atoms in total. The Morgan fingerprint density at radius 2 is 0.694 bits per heavy atom. The van der Waals surface area contributed by atoms with E-state index in [1.165, 1.54) is 36.0 Å². The van der Waals surface area contributed by atoms with Crippen molar-refractivity contribution in [2.24, 2.45) is 23.1 Å². The molecule has 134 heavy (non-hydrogen) atoms. The highest BCUT2D eigenvalue weighted by Crippen LogP contribution is 2.21. The van der Waals surface area contributed by atoms with Gasteiger partial charge in [0.15, 0.2) is 0 Å². The molecule has 0 bridgehead atoms. The van der Waals surface area contributed by atoms with Crippen molar-refractivity contribution in [3.63, 3.8) is 0 Å². The van der Waals surface area contributed by atoms with Crippen LogP contribution in [0.3, 0.4) is 0 Å². The van der Waals surface area contributed by atoms with E-state index in [0.717, 1.165) is 6.92 Å². The van der Waals surface area contributed by atoms with E-state index < -0.39 is 312 Å². The molecule has 4 rings (SSSR count). The number of carbonyl (C=O) groups excluding carboxylic acids is 15. The number of nitrogens with one attached hydrogen (secondary N) is 17. The Morgan fingerprint density at radius 1 is 0.358 bits per heavy atom. The van der Waals surface area contributed by atoms with Crippen LogP contribution in [0.15, 0.2) is 85.1 Å². The molecule has 0 aliphatic rings. The van der Waals surface area contributed by atoms with Gasteiger partial charge in [0.1, 0.15) is 78.3 Å². The third-order valence-corrected chi connectivity index (χ3v) is 20.7. The Labute approximate surface area is 769 Å². The minimum atomic E-state index is -2.15. The average Bonchev–Trinajstić information content (AvgIpc) is 1.68. The van der Waals surface area contributed by atoms with Crippen molar-refractivity contribution in [3.8, 4) is 5.75 Å². The molecule has 0 aliphatic heterocycles. The van der Waals surface area contributed by atoms with Gasteiger partial charge >= 0.3 is 41.8 Å². The Hall–Kier alpha value is -14.5. The molecule has 51 heteroatoms. The summed E-state index contributed by atoms with van der Waals surface area (Å²) in [5.74, 6) is -29.7. The zero-order valence-corrected chi connectivity index (χ0v) is 74.0. The lowest BCUT2D eigenvalue weighted by molar-refractivity contribution is -0.141. The summed E-state index contributed by atoms with van der Waals surface area (Å²) in [6, 6.07) is -1.79. The smallest absolute Gasteiger partial charge is 0.305 e. The standard InChI is InChI=1S/C83H116N20O30S/c1-43(72(122)102-59(35-45-12-14-48(104)15-13-45)74(124)91-42-63(106)94-60(36-46-40-89-50-11-7-6-10-49(46)50)82(132)100-57(28-33-134-2)81(131)103-61(37-70(119)120)83(133)101-58(71(86)121)34-44-8-4-3-5-9-44)92-75(125)52(17-23-65(109)110)95-77(127)54(19-25-67(113)114)97-79(129)56(21-27-69(117)118)99-80(130)55(20-26-68(115)116)98-78(128)53(18-24-66(111)112)96-76(126)51(16-22-64(107)108)93-62(105)41-90-73(123)47(38-87-31-29-84)39-88-32-30-85/h3-15,40,43,47,51-61,87-89,104H,16-39,41-42,84-85H2,1-2H3,(H2,86,121)(H,90,123)(H,91,124)(H,92,125)(H,93,105)(H,94,106)(H,95,127)(H,96,126)(H,97,129)(H,98,128)(H,99,130)(H,100,132)(H,101,133)(H,102,122)(H,103,131)(H,107,108)(H,109,110)(H,111,112)(H,113,114)(H,115,116)(H,117,118)(H,119,120)/t43-,51+,52-,53-,54-,55-,56-,57-,58-,59-,60-,61-/m0/s1. The predicted octanol–water partition coefficient (Wildman–Crippen LogP) is -7.41. The number of aliphatic carboxylic acids is 7. The van der Waals surface area contributed by atoms with Gasteiger partial charge in [-0.3, -0.25) is 105 Å². The Bertz CT molecular complexity index is 4750. The number of thioether (sulfide) groups is 1. The maximum Gasteiger partial charge on any atom is 0.305 e. The molecule has 0 spiro atoms. The number of phenols is 1. The summed E-state index contributed by atoms with van der Waals surface area (Å²) < 4.78 is 0. The fraction of sp³-hybridized carbons (Fsp3) is 0.494. The van der Waals surface area contributed by atoms with E-state index in [2.05, 4.69) is 90.1 Å². The van der Waals surface area contributed by atoms with Crippen LogP contribution < -0.4 is 102 Å². The first-order valence-electron chi connectivity index (χ1n) is 42.2. The van der Waals surface area contributed by atoms with Gasteiger partial charge in [0.25, 0.3) is 0 Å². The van der Waals surface area contributed by atoms with Gasteiger partial charge in [-0.1, -0.05) is 60.7 Å². The number of nitrogens with two attached hydrogens (primary N) is 3. The van der Waals surface area contributed by atoms with Crippen LogP contribution in [-0.2, 0) is 125 Å². The van der Waals surface area contributed by atoms with Crippen molar-refractivity contribution < 1.29 is 146 Å². The van der Waals surface area contributed by atoms with E-state index >= 15 is 0 Å². The van der Waals surface area contributed by atoms with Gasteiger partial charge < -0.3 is 148 Å². The van der Waals surface area contributed by atoms with Crippen LogP contribution in [0.2, 0.25) is 0 Å². The third kappa shape index (κ3) is 42.6. The number of amides is 15. The molecule has 0 saturated carbocycles. The van der Waals surface area contributed by atoms with E-state index in [1.807, 2.05) is 0 Å². The van der Waals surface area contributed by atoms with Crippen LogP contribution in [0.1, 0.15) is 114 Å². The van der Waals surface area contributed by atoms with Crippen LogP contribution in [0.25, 0.3) is 10.9 Å². The van der Waals surface area contributed by atoms with E-state index in [4.69, 9.17) is 17.2 Å². The SMILES string of the molecule is CSCC[C@H](NC(=O)[C@H](Cc1c[nH]c2ccccc12)NC(=O)CNC(=O)[C@H](Cc1ccc(O)cc1)NC(=O)[C@H](C)NC(=O)[C@H](CCC(=O)O)NC(=O)[C@H](CCC(=O)O)NC(=O)[C@H](CCC(=O)O)NC(=O)[C@H](CCC(=O)O)NC(=O)[C@H](CCC(=O)O)NC(=O)[C@@H](CCC(=O)O)NC(=O)CNC(=O)C(CNCCN)CNCCN)C(=O)N[C@@H](CC(=O)O)C(=O)N[C@@H](Cc1ccccc1)C(N)=O. The number of para-hydroxylation sites is 1. The van der Waals surface area contributed by atoms with Crippen LogP contribution in [0.4, 0.5) is 0 Å². The van der Waals surface area contributed by atoms with E-state index in [-0.39, 0.29) is 62.5 Å². The minimum Gasteiger partial charge on any atom is -0.508 e. The molecule has 3 aromatic carbocycles. The number of benzene rings is 3. The monoisotopic (exact) mass is 1900 g/mol. The van der Waals surface area contributed by atoms with Gasteiger partial charge in [0.2, 0.25) is 88.6 Å². The van der Waals surface area contributed by atoms with Gasteiger partial charge in [0, 0.05) is 114 Å². The van der Waals surface area contributed by atoms with E-state index in [1.54, 1.807) is 67.0 Å². The molecule has 734 valence electrons. The number of hydrogen-bond acceptors (Lipinski definition) is 28. The number of hydrogen-bond donors (Lipinski definition) is 28. The summed E-state index contributed by atoms with van der Waals surface area (Å²) >= 11 is 1.24. The quantitative estimate of drug-likeness (QED) is 0.0183.